The molecule has 0 aliphatic carbocycles. The first-order chi connectivity index (χ1) is 8.49. The highest BCUT2D eigenvalue weighted by Crippen LogP contribution is 2.22. The number of aromatic nitrogens is 2. The molecule has 2 rings (SSSR count). The fourth-order valence-electron chi connectivity index (χ4n) is 1.13. The van der Waals surface area contributed by atoms with Crippen LogP contribution in [0.15, 0.2) is 33.2 Å². The van der Waals surface area contributed by atoms with E-state index in [1.807, 2.05) is 11.4 Å². The fourth-order valence-corrected chi connectivity index (χ4v) is 3.64. The van der Waals surface area contributed by atoms with Crippen LogP contribution in [0.3, 0.4) is 0 Å². The van der Waals surface area contributed by atoms with Crippen LogP contribution < -0.4 is 4.72 Å². The van der Waals surface area contributed by atoms with E-state index < -0.39 is 10.0 Å². The monoisotopic (exact) mass is 367 g/mol. The average molecular weight is 369 g/mol. The molecular weight excluding hydrogens is 362 g/mol. The Kier molecular flexibility index (Phi) is 4.33. The van der Waals surface area contributed by atoms with Gasteiger partial charge in [-0.3, -0.25) is 0 Å². The lowest BCUT2D eigenvalue weighted by molar-refractivity contribution is 0.580. The van der Waals surface area contributed by atoms with Crippen molar-refractivity contribution in [2.75, 3.05) is 0 Å². The first-order valence-electron chi connectivity index (χ1n) is 4.68. The molecule has 0 spiro atoms. The zero-order valence-electron chi connectivity index (χ0n) is 8.80. The minimum atomic E-state index is -3.62. The highest BCUT2D eigenvalue weighted by atomic mass is 79.9. The lowest BCUT2D eigenvalue weighted by Crippen LogP contribution is -2.23. The molecule has 0 amide bonds. The van der Waals surface area contributed by atoms with Gasteiger partial charge in [0.05, 0.1) is 12.4 Å². The van der Waals surface area contributed by atoms with Gasteiger partial charge in [-0.25, -0.2) is 23.1 Å². The summed E-state index contributed by atoms with van der Waals surface area (Å²) in [5.41, 5.74) is 0. The Morgan fingerprint density at radius 1 is 1.39 bits per heavy atom. The number of hydrogen-bond acceptors (Lipinski definition) is 5. The number of hydrogen-bond donors (Lipinski definition) is 1. The number of rotatable bonds is 4. The third kappa shape index (κ3) is 3.27. The quantitative estimate of drug-likeness (QED) is 0.841. The number of nitrogens with one attached hydrogen (secondary N) is 1. The van der Waals surface area contributed by atoms with Crippen LogP contribution in [0, 0.1) is 0 Å². The molecule has 0 bridgehead atoms. The molecular formula is C9H7BrClN3O2S2. The van der Waals surface area contributed by atoms with Crippen molar-refractivity contribution in [2.45, 2.75) is 11.4 Å². The van der Waals surface area contributed by atoms with Crippen molar-refractivity contribution < 1.29 is 8.42 Å². The van der Waals surface area contributed by atoms with Crippen LogP contribution in [0.2, 0.25) is 5.28 Å². The van der Waals surface area contributed by atoms with E-state index in [0.29, 0.717) is 0 Å². The summed E-state index contributed by atoms with van der Waals surface area (Å²) in [6, 6.07) is 1.86. The van der Waals surface area contributed by atoms with Crippen LogP contribution in [0.25, 0.3) is 0 Å². The summed E-state index contributed by atoms with van der Waals surface area (Å²) in [5.74, 6) is 0. The minimum absolute atomic E-state index is 0.00921. The van der Waals surface area contributed by atoms with Gasteiger partial charge >= 0.3 is 0 Å². The molecule has 0 saturated carbocycles. The van der Waals surface area contributed by atoms with Gasteiger partial charge in [-0.05, 0) is 39.0 Å². The predicted molar refractivity (Wildman–Crippen MR) is 73.1 cm³/mol. The van der Waals surface area contributed by atoms with E-state index in [2.05, 4.69) is 30.6 Å². The van der Waals surface area contributed by atoms with Crippen molar-refractivity contribution in [1.82, 2.24) is 14.7 Å². The molecule has 2 aromatic heterocycles. The molecule has 2 heterocycles. The average Bonchev–Trinajstić information content (AvgIpc) is 2.73. The Morgan fingerprint density at radius 2 is 2.06 bits per heavy atom. The maximum atomic E-state index is 11.9. The Labute approximate surface area is 121 Å². The van der Waals surface area contributed by atoms with Crippen molar-refractivity contribution in [2.24, 2.45) is 0 Å². The highest BCUT2D eigenvalue weighted by molar-refractivity contribution is 9.10. The molecule has 0 aromatic carbocycles. The topological polar surface area (TPSA) is 72.0 Å². The maximum absolute atomic E-state index is 11.9. The summed E-state index contributed by atoms with van der Waals surface area (Å²) in [6.45, 7) is 0.212. The Hall–Kier alpha value is -0.540. The van der Waals surface area contributed by atoms with Crippen LogP contribution in [-0.2, 0) is 16.6 Å². The summed E-state index contributed by atoms with van der Waals surface area (Å²) in [4.78, 5) is 8.16. The van der Waals surface area contributed by atoms with Gasteiger partial charge in [0.15, 0.2) is 0 Å². The third-order valence-electron chi connectivity index (χ3n) is 2.02. The van der Waals surface area contributed by atoms with E-state index in [9.17, 15) is 8.42 Å². The Bertz CT molecular complexity index is 642. The molecule has 2 aromatic rings. The van der Waals surface area contributed by atoms with Crippen LogP contribution in [0.1, 0.15) is 4.88 Å². The molecule has 0 atom stereocenters. The molecule has 0 radical (unpaired) electrons. The van der Waals surface area contributed by atoms with Crippen molar-refractivity contribution >= 4 is 48.9 Å². The van der Waals surface area contributed by atoms with E-state index in [-0.39, 0.29) is 16.7 Å². The van der Waals surface area contributed by atoms with E-state index in [4.69, 9.17) is 11.6 Å². The van der Waals surface area contributed by atoms with Gasteiger partial charge in [0.1, 0.15) is 4.90 Å². The van der Waals surface area contributed by atoms with Crippen LogP contribution in [0.5, 0.6) is 0 Å². The first-order valence-corrected chi connectivity index (χ1v) is 8.21. The second-order valence-electron chi connectivity index (χ2n) is 3.20. The van der Waals surface area contributed by atoms with Gasteiger partial charge in [-0.15, -0.1) is 11.3 Å². The SMILES string of the molecule is O=S(=O)(NCc1sccc1Br)c1cnc(Cl)nc1. The van der Waals surface area contributed by atoms with Crippen LogP contribution >= 0.6 is 38.9 Å². The highest BCUT2D eigenvalue weighted by Gasteiger charge is 2.15. The smallest absolute Gasteiger partial charge is 0.225 e. The van der Waals surface area contributed by atoms with Crippen molar-refractivity contribution in [3.63, 3.8) is 0 Å². The minimum Gasteiger partial charge on any atom is -0.225 e. The molecule has 9 heteroatoms. The molecule has 0 unspecified atom stereocenters. The Balaban J connectivity index is 2.13. The van der Waals surface area contributed by atoms with Crippen LogP contribution in [-0.4, -0.2) is 18.4 Å². The third-order valence-corrected chi connectivity index (χ3v) is 5.50. The normalized spacial score (nSPS) is 11.7. The fraction of sp³-hybridized carbons (Fsp3) is 0.111. The van der Waals surface area contributed by atoms with Gasteiger partial charge in [0.25, 0.3) is 0 Å². The van der Waals surface area contributed by atoms with Gasteiger partial charge in [-0.2, -0.15) is 0 Å². The molecule has 0 aliphatic rings. The molecule has 0 aliphatic heterocycles. The summed E-state index contributed by atoms with van der Waals surface area (Å²) < 4.78 is 27.2. The molecule has 0 fully saturated rings. The van der Waals surface area contributed by atoms with Gasteiger partial charge in [0.2, 0.25) is 15.3 Å². The van der Waals surface area contributed by atoms with E-state index in [1.54, 1.807) is 0 Å². The number of sulfonamides is 1. The molecule has 18 heavy (non-hydrogen) atoms. The lowest BCUT2D eigenvalue weighted by Gasteiger charge is -2.05. The zero-order chi connectivity index (χ0) is 13.2. The summed E-state index contributed by atoms with van der Waals surface area (Å²) in [5, 5.41) is 1.88. The van der Waals surface area contributed by atoms with E-state index in [0.717, 1.165) is 9.35 Å². The summed E-state index contributed by atoms with van der Waals surface area (Å²) in [7, 11) is -3.62. The molecule has 1 N–H and O–H groups in total. The lowest BCUT2D eigenvalue weighted by atomic mass is 10.5. The van der Waals surface area contributed by atoms with Crippen LogP contribution in [0.4, 0.5) is 0 Å². The second-order valence-corrected chi connectivity index (χ2v) is 7.16. The van der Waals surface area contributed by atoms with E-state index in [1.165, 1.54) is 23.7 Å². The first kappa shape index (κ1) is 13.9. The van der Waals surface area contributed by atoms with Gasteiger partial charge in [-0.1, -0.05) is 0 Å². The molecule has 5 nitrogen and oxygen atoms in total. The maximum Gasteiger partial charge on any atom is 0.243 e. The second kappa shape index (κ2) is 5.62. The predicted octanol–water partition coefficient (Wildman–Crippen LogP) is 2.43. The van der Waals surface area contributed by atoms with Crippen molar-refractivity contribution in [3.05, 3.63) is 38.5 Å². The van der Waals surface area contributed by atoms with Gasteiger partial charge in [0, 0.05) is 15.9 Å². The van der Waals surface area contributed by atoms with Gasteiger partial charge < -0.3 is 0 Å². The van der Waals surface area contributed by atoms with Crippen molar-refractivity contribution in [3.8, 4) is 0 Å². The number of thiophene rings is 1. The molecule has 0 saturated heterocycles. The van der Waals surface area contributed by atoms with E-state index >= 15 is 0 Å². The summed E-state index contributed by atoms with van der Waals surface area (Å²) >= 11 is 10.3. The van der Waals surface area contributed by atoms with Crippen molar-refractivity contribution in [1.29, 1.82) is 0 Å². The number of halogens is 2. The number of nitrogens with zero attached hydrogens (tertiary/aromatic N) is 2. The molecule has 96 valence electrons. The summed E-state index contributed by atoms with van der Waals surface area (Å²) in [6.07, 6.45) is 2.34. The zero-order valence-corrected chi connectivity index (χ0v) is 12.8. The largest absolute Gasteiger partial charge is 0.243 e. The Morgan fingerprint density at radius 3 is 2.61 bits per heavy atom. The standard InChI is InChI=1S/C9H7BrClN3O2S2/c10-7-1-2-17-8(7)5-14-18(15,16)6-3-12-9(11)13-4-6/h1-4,14H,5H2.